The lowest BCUT2D eigenvalue weighted by Gasteiger charge is -2.31. The van der Waals surface area contributed by atoms with Gasteiger partial charge in [-0.05, 0) is 49.1 Å². The van der Waals surface area contributed by atoms with Crippen LogP contribution >= 0.6 is 11.3 Å². The number of hydrogen-bond donors (Lipinski definition) is 1. The minimum Gasteiger partial charge on any atom is -0.491 e. The van der Waals surface area contributed by atoms with Crippen molar-refractivity contribution in [1.29, 1.82) is 0 Å². The van der Waals surface area contributed by atoms with Crippen LogP contribution in [-0.2, 0) is 0 Å². The second-order valence-electron chi connectivity index (χ2n) is 6.70. The molecule has 1 aliphatic rings. The molecule has 27 heavy (non-hydrogen) atoms. The highest BCUT2D eigenvalue weighted by Gasteiger charge is 2.19. The third kappa shape index (κ3) is 4.04. The molecule has 0 radical (unpaired) electrons. The number of ether oxygens (including phenoxy) is 1. The number of alkyl halides is 1. The molecule has 0 saturated carbocycles. The van der Waals surface area contributed by atoms with Gasteiger partial charge in [-0.25, -0.2) is 14.4 Å². The molecule has 2 aromatic heterocycles. The van der Waals surface area contributed by atoms with Crippen LogP contribution in [0.1, 0.15) is 12.8 Å². The van der Waals surface area contributed by atoms with E-state index in [0.717, 1.165) is 52.5 Å². The molecule has 1 fully saturated rings. The number of thiazole rings is 1. The number of aliphatic hydroxyl groups is 1. The number of anilines is 1. The minimum absolute atomic E-state index is 0.0676. The number of hydrogen-bond acceptors (Lipinski definition) is 6. The zero-order valence-corrected chi connectivity index (χ0v) is 15.8. The zero-order chi connectivity index (χ0) is 18.6. The van der Waals surface area contributed by atoms with E-state index in [2.05, 4.69) is 20.9 Å². The van der Waals surface area contributed by atoms with Gasteiger partial charge in [0.05, 0.1) is 10.2 Å². The van der Waals surface area contributed by atoms with Gasteiger partial charge in [0.15, 0.2) is 0 Å². The molecule has 5 nitrogen and oxygen atoms in total. The topological polar surface area (TPSA) is 58.5 Å². The van der Waals surface area contributed by atoms with Gasteiger partial charge in [0.2, 0.25) is 0 Å². The molecule has 0 aliphatic carbocycles. The summed E-state index contributed by atoms with van der Waals surface area (Å²) < 4.78 is 18.6. The quantitative estimate of drug-likeness (QED) is 0.695. The van der Waals surface area contributed by atoms with E-state index in [1.165, 1.54) is 0 Å². The fourth-order valence-electron chi connectivity index (χ4n) is 3.32. The third-order valence-corrected chi connectivity index (χ3v) is 5.96. The predicted octanol–water partition coefficient (Wildman–Crippen LogP) is 3.92. The van der Waals surface area contributed by atoms with E-state index in [4.69, 9.17) is 4.74 Å². The molecule has 0 spiro atoms. The minimum atomic E-state index is -0.498. The second kappa shape index (κ2) is 8.19. The maximum Gasteiger partial charge on any atom is 0.128 e. The summed E-state index contributed by atoms with van der Waals surface area (Å²) in [7, 11) is 0. The molecular formula is C20H22FN3O2S. The van der Waals surface area contributed by atoms with Gasteiger partial charge >= 0.3 is 0 Å². The fourth-order valence-corrected chi connectivity index (χ4v) is 4.30. The van der Waals surface area contributed by atoms with Gasteiger partial charge in [0, 0.05) is 31.5 Å². The van der Waals surface area contributed by atoms with Crippen LogP contribution in [0.2, 0.25) is 0 Å². The number of nitrogens with zero attached hydrogens (tertiary/aromatic N) is 3. The van der Waals surface area contributed by atoms with Crippen LogP contribution < -0.4 is 9.64 Å². The largest absolute Gasteiger partial charge is 0.491 e. The van der Waals surface area contributed by atoms with Gasteiger partial charge in [-0.15, -0.1) is 11.3 Å². The number of pyridine rings is 1. The molecule has 0 bridgehead atoms. The highest BCUT2D eigenvalue weighted by Crippen LogP contribution is 2.33. The van der Waals surface area contributed by atoms with Crippen molar-refractivity contribution in [3.05, 3.63) is 36.5 Å². The van der Waals surface area contributed by atoms with Crippen molar-refractivity contribution in [1.82, 2.24) is 9.97 Å². The normalized spacial score (nSPS) is 15.4. The SMILES string of the molecule is OCC1CCN(c2ccc(-c3nc4ccc(OCCF)cc4s3)cn2)CC1. The van der Waals surface area contributed by atoms with E-state index in [1.807, 2.05) is 30.5 Å². The summed E-state index contributed by atoms with van der Waals surface area (Å²) in [4.78, 5) is 11.6. The Morgan fingerprint density at radius 3 is 2.78 bits per heavy atom. The molecule has 1 aliphatic heterocycles. The molecule has 0 unspecified atom stereocenters. The molecule has 4 rings (SSSR count). The van der Waals surface area contributed by atoms with Crippen LogP contribution in [0.4, 0.5) is 10.2 Å². The van der Waals surface area contributed by atoms with E-state index >= 15 is 0 Å². The molecule has 0 amide bonds. The van der Waals surface area contributed by atoms with Crippen LogP contribution in [-0.4, -0.2) is 48.1 Å². The van der Waals surface area contributed by atoms with Gasteiger partial charge in [-0.3, -0.25) is 0 Å². The Morgan fingerprint density at radius 1 is 1.22 bits per heavy atom. The highest BCUT2D eigenvalue weighted by molar-refractivity contribution is 7.21. The Balaban J connectivity index is 1.50. The van der Waals surface area contributed by atoms with Crippen LogP contribution in [0.15, 0.2) is 36.5 Å². The van der Waals surface area contributed by atoms with Gasteiger partial charge in [-0.1, -0.05) is 0 Å². The predicted molar refractivity (Wildman–Crippen MR) is 106 cm³/mol. The number of fused-ring (bicyclic) bond motifs is 1. The average molecular weight is 387 g/mol. The lowest BCUT2D eigenvalue weighted by molar-refractivity contribution is 0.203. The first-order chi connectivity index (χ1) is 13.3. The molecule has 0 atom stereocenters. The fraction of sp³-hybridized carbons (Fsp3) is 0.400. The first-order valence-corrected chi connectivity index (χ1v) is 10.00. The highest BCUT2D eigenvalue weighted by atomic mass is 32.1. The van der Waals surface area contributed by atoms with Crippen molar-refractivity contribution in [2.24, 2.45) is 5.92 Å². The van der Waals surface area contributed by atoms with Crippen LogP contribution in [0.3, 0.4) is 0 Å². The molecule has 7 heteroatoms. The van der Waals surface area contributed by atoms with Gasteiger partial charge in [0.1, 0.15) is 29.9 Å². The number of aliphatic hydroxyl groups excluding tert-OH is 1. The average Bonchev–Trinajstić information content (AvgIpc) is 3.16. The molecule has 3 heterocycles. The van der Waals surface area contributed by atoms with E-state index in [1.54, 1.807) is 11.3 Å². The zero-order valence-electron chi connectivity index (χ0n) is 15.0. The summed E-state index contributed by atoms with van der Waals surface area (Å²) in [5.74, 6) is 2.05. The Morgan fingerprint density at radius 2 is 2.07 bits per heavy atom. The molecule has 3 aromatic rings. The van der Waals surface area contributed by atoms with Gasteiger partial charge in [0.25, 0.3) is 0 Å². The van der Waals surface area contributed by atoms with E-state index in [9.17, 15) is 9.50 Å². The Labute approximate surface area is 161 Å². The summed E-state index contributed by atoms with van der Waals surface area (Å²) in [6.07, 6.45) is 3.88. The molecular weight excluding hydrogens is 365 g/mol. The van der Waals surface area contributed by atoms with E-state index in [0.29, 0.717) is 11.7 Å². The van der Waals surface area contributed by atoms with Gasteiger partial charge in [-0.2, -0.15) is 0 Å². The number of aromatic nitrogens is 2. The van der Waals surface area contributed by atoms with E-state index < -0.39 is 6.67 Å². The Bertz CT molecular complexity index is 892. The second-order valence-corrected chi connectivity index (χ2v) is 7.73. The number of piperidine rings is 1. The third-order valence-electron chi connectivity index (χ3n) is 4.90. The van der Waals surface area contributed by atoms with Crippen molar-refractivity contribution in [2.75, 3.05) is 37.9 Å². The Kier molecular flexibility index (Phi) is 5.50. The van der Waals surface area contributed by atoms with E-state index in [-0.39, 0.29) is 13.2 Å². The van der Waals surface area contributed by atoms with Crippen molar-refractivity contribution < 1.29 is 14.2 Å². The molecule has 142 valence electrons. The van der Waals surface area contributed by atoms with Crippen molar-refractivity contribution in [3.63, 3.8) is 0 Å². The first-order valence-electron chi connectivity index (χ1n) is 9.18. The summed E-state index contributed by atoms with van der Waals surface area (Å²) in [5, 5.41) is 10.2. The standard InChI is InChI=1S/C20H22FN3O2S/c21-7-10-26-16-2-3-17-18(11-16)27-20(23-17)15-1-4-19(22-12-15)24-8-5-14(13-25)6-9-24/h1-4,11-12,14,25H,5-10,13H2. The number of rotatable bonds is 6. The molecule has 1 aromatic carbocycles. The number of benzene rings is 1. The van der Waals surface area contributed by atoms with Crippen LogP contribution in [0.5, 0.6) is 5.75 Å². The Hall–Kier alpha value is -2.25. The maximum absolute atomic E-state index is 12.3. The van der Waals surface area contributed by atoms with Gasteiger partial charge < -0.3 is 14.7 Å². The van der Waals surface area contributed by atoms with Crippen molar-refractivity contribution >= 4 is 27.4 Å². The van der Waals surface area contributed by atoms with Crippen LogP contribution in [0.25, 0.3) is 20.8 Å². The summed E-state index contributed by atoms with van der Waals surface area (Å²) in [6, 6.07) is 9.71. The summed E-state index contributed by atoms with van der Waals surface area (Å²) in [5.41, 5.74) is 1.88. The summed E-state index contributed by atoms with van der Waals surface area (Å²) in [6.45, 7) is 1.71. The molecule has 1 saturated heterocycles. The molecule has 1 N–H and O–H groups in total. The van der Waals surface area contributed by atoms with Crippen LogP contribution in [0, 0.1) is 5.92 Å². The van der Waals surface area contributed by atoms with Crippen molar-refractivity contribution in [3.8, 4) is 16.3 Å². The lowest BCUT2D eigenvalue weighted by atomic mass is 9.98. The lowest BCUT2D eigenvalue weighted by Crippen LogP contribution is -2.35. The smallest absolute Gasteiger partial charge is 0.128 e. The van der Waals surface area contributed by atoms with Crippen molar-refractivity contribution in [2.45, 2.75) is 12.8 Å². The summed E-state index contributed by atoms with van der Waals surface area (Å²) >= 11 is 1.58. The number of halogens is 1. The first kappa shape index (κ1) is 18.1. The monoisotopic (exact) mass is 387 g/mol. The maximum atomic E-state index is 12.3.